The molecule has 0 saturated heterocycles. The third-order valence-electron chi connectivity index (χ3n) is 4.79. The number of benzene rings is 1. The zero-order valence-corrected chi connectivity index (χ0v) is 14.7. The number of nitrogens with one attached hydrogen (secondary N) is 1. The molecule has 1 N–H and O–H groups in total. The molecular formula is C19H26N2O3. The van der Waals surface area contributed by atoms with Gasteiger partial charge in [0.15, 0.2) is 6.61 Å². The first-order chi connectivity index (χ1) is 11.3. The summed E-state index contributed by atoms with van der Waals surface area (Å²) in [7, 11) is 0. The molecule has 1 aromatic carbocycles. The summed E-state index contributed by atoms with van der Waals surface area (Å²) >= 11 is 0. The lowest BCUT2D eigenvalue weighted by atomic mass is 9.86. The van der Waals surface area contributed by atoms with Gasteiger partial charge in [-0.15, -0.1) is 0 Å². The molecule has 1 fully saturated rings. The number of hydrogen-bond donors (Lipinski definition) is 1. The molecule has 2 amide bonds. The smallest absolute Gasteiger partial charge is 0.265 e. The standard InChI is InChI=1S/C19H26N2O3/c1-19(2,3)13-8-9-15-16(10-13)24-12-18(23)21(15)11-17(22)20-14-6-4-5-7-14/h8-10,14H,4-7,11-12H2,1-3H3,(H,20,22). The number of anilines is 1. The van der Waals surface area contributed by atoms with E-state index >= 15 is 0 Å². The summed E-state index contributed by atoms with van der Waals surface area (Å²) in [6, 6.07) is 6.12. The average Bonchev–Trinajstić information content (AvgIpc) is 3.01. The lowest BCUT2D eigenvalue weighted by molar-refractivity contribution is -0.125. The van der Waals surface area contributed by atoms with Gasteiger partial charge < -0.3 is 10.1 Å². The average molecular weight is 330 g/mol. The molecule has 0 atom stereocenters. The molecule has 0 spiro atoms. The van der Waals surface area contributed by atoms with Crippen LogP contribution in [0.15, 0.2) is 18.2 Å². The molecule has 1 heterocycles. The predicted octanol–water partition coefficient (Wildman–Crippen LogP) is 2.77. The maximum absolute atomic E-state index is 12.3. The van der Waals surface area contributed by atoms with Crippen LogP contribution < -0.4 is 15.0 Å². The van der Waals surface area contributed by atoms with Crippen LogP contribution in [0.5, 0.6) is 5.75 Å². The molecule has 1 aliphatic heterocycles. The number of ether oxygens (including phenoxy) is 1. The van der Waals surface area contributed by atoms with Gasteiger partial charge in [0, 0.05) is 6.04 Å². The minimum absolute atomic E-state index is 0.00449. The van der Waals surface area contributed by atoms with Crippen molar-refractivity contribution in [2.45, 2.75) is 57.9 Å². The number of amides is 2. The molecule has 24 heavy (non-hydrogen) atoms. The SMILES string of the molecule is CC(C)(C)c1ccc2c(c1)OCC(=O)N2CC(=O)NC1CCCC1. The highest BCUT2D eigenvalue weighted by Gasteiger charge is 2.29. The first-order valence-corrected chi connectivity index (χ1v) is 8.71. The predicted molar refractivity (Wildman–Crippen MR) is 93.4 cm³/mol. The van der Waals surface area contributed by atoms with Gasteiger partial charge in [0.1, 0.15) is 12.3 Å². The molecule has 130 valence electrons. The van der Waals surface area contributed by atoms with Gasteiger partial charge in [-0.2, -0.15) is 0 Å². The summed E-state index contributed by atoms with van der Waals surface area (Å²) in [4.78, 5) is 26.1. The van der Waals surface area contributed by atoms with Gasteiger partial charge in [-0.1, -0.05) is 39.7 Å². The van der Waals surface area contributed by atoms with E-state index in [4.69, 9.17) is 4.74 Å². The Morgan fingerprint density at radius 2 is 2.00 bits per heavy atom. The van der Waals surface area contributed by atoms with Crippen molar-refractivity contribution in [1.29, 1.82) is 0 Å². The van der Waals surface area contributed by atoms with E-state index in [-0.39, 0.29) is 36.4 Å². The molecule has 2 aliphatic rings. The quantitative estimate of drug-likeness (QED) is 0.927. The fraction of sp³-hybridized carbons (Fsp3) is 0.579. The maximum Gasteiger partial charge on any atom is 0.265 e. The second kappa shape index (κ2) is 6.46. The van der Waals surface area contributed by atoms with E-state index < -0.39 is 0 Å². The second-order valence-corrected chi connectivity index (χ2v) is 7.75. The highest BCUT2D eigenvalue weighted by molar-refractivity contribution is 6.02. The molecule has 0 radical (unpaired) electrons. The molecule has 0 bridgehead atoms. The van der Waals surface area contributed by atoms with E-state index in [0.29, 0.717) is 11.4 Å². The van der Waals surface area contributed by atoms with E-state index in [1.165, 1.54) is 17.7 Å². The van der Waals surface area contributed by atoms with E-state index in [9.17, 15) is 9.59 Å². The number of fused-ring (bicyclic) bond motifs is 1. The summed E-state index contributed by atoms with van der Waals surface area (Å²) < 4.78 is 5.59. The molecule has 1 saturated carbocycles. The van der Waals surface area contributed by atoms with Crippen LogP contribution in [0, 0.1) is 0 Å². The number of rotatable bonds is 3. The molecule has 1 aliphatic carbocycles. The van der Waals surface area contributed by atoms with Crippen LogP contribution in [-0.2, 0) is 15.0 Å². The van der Waals surface area contributed by atoms with E-state index in [2.05, 4.69) is 26.1 Å². The molecule has 5 heteroatoms. The molecule has 0 unspecified atom stereocenters. The van der Waals surface area contributed by atoms with Crippen molar-refractivity contribution in [1.82, 2.24) is 5.32 Å². The second-order valence-electron chi connectivity index (χ2n) is 7.75. The van der Waals surface area contributed by atoms with Gasteiger partial charge in [-0.3, -0.25) is 14.5 Å². The topological polar surface area (TPSA) is 58.6 Å². The minimum Gasteiger partial charge on any atom is -0.482 e. The Kier molecular flexibility index (Phi) is 4.52. The van der Waals surface area contributed by atoms with Crippen LogP contribution in [0.25, 0.3) is 0 Å². The van der Waals surface area contributed by atoms with E-state index in [1.54, 1.807) is 0 Å². The van der Waals surface area contributed by atoms with Crippen molar-refractivity contribution in [2.24, 2.45) is 0 Å². The number of carbonyl (C=O) groups is 2. The van der Waals surface area contributed by atoms with Crippen LogP contribution in [0.4, 0.5) is 5.69 Å². The van der Waals surface area contributed by atoms with Gasteiger partial charge in [-0.25, -0.2) is 0 Å². The van der Waals surface area contributed by atoms with Crippen LogP contribution in [-0.4, -0.2) is 31.0 Å². The first-order valence-electron chi connectivity index (χ1n) is 8.71. The van der Waals surface area contributed by atoms with Gasteiger partial charge in [0.2, 0.25) is 5.91 Å². The summed E-state index contributed by atoms with van der Waals surface area (Å²) in [6.07, 6.45) is 4.41. The third-order valence-corrected chi connectivity index (χ3v) is 4.79. The summed E-state index contributed by atoms with van der Waals surface area (Å²) in [5.74, 6) is 0.409. The summed E-state index contributed by atoms with van der Waals surface area (Å²) in [5, 5.41) is 3.04. The van der Waals surface area contributed by atoms with Crippen molar-refractivity contribution in [3.05, 3.63) is 23.8 Å². The molecular weight excluding hydrogens is 304 g/mol. The molecule has 3 rings (SSSR count). The van der Waals surface area contributed by atoms with Crippen LogP contribution in [0.1, 0.15) is 52.0 Å². The molecule has 0 aromatic heterocycles. The first kappa shape index (κ1) is 16.8. The zero-order valence-electron chi connectivity index (χ0n) is 14.7. The Balaban J connectivity index is 1.76. The fourth-order valence-corrected chi connectivity index (χ4v) is 3.33. The van der Waals surface area contributed by atoms with Crippen molar-refractivity contribution < 1.29 is 14.3 Å². The number of nitrogens with zero attached hydrogens (tertiary/aromatic N) is 1. The summed E-state index contributed by atoms with van der Waals surface area (Å²) in [5.41, 5.74) is 1.83. The van der Waals surface area contributed by atoms with E-state index in [0.717, 1.165) is 18.4 Å². The van der Waals surface area contributed by atoms with Gasteiger partial charge >= 0.3 is 0 Å². The zero-order chi connectivity index (χ0) is 17.3. The molecule has 1 aromatic rings. The van der Waals surface area contributed by atoms with Crippen molar-refractivity contribution in [2.75, 3.05) is 18.1 Å². The van der Waals surface area contributed by atoms with Gasteiger partial charge in [-0.05, 0) is 36.0 Å². The largest absolute Gasteiger partial charge is 0.482 e. The van der Waals surface area contributed by atoms with Crippen LogP contribution >= 0.6 is 0 Å². The van der Waals surface area contributed by atoms with Gasteiger partial charge in [0.25, 0.3) is 5.91 Å². The minimum atomic E-state index is -0.174. The Morgan fingerprint density at radius 3 is 2.67 bits per heavy atom. The molecule has 5 nitrogen and oxygen atoms in total. The number of hydrogen-bond acceptors (Lipinski definition) is 3. The van der Waals surface area contributed by atoms with Gasteiger partial charge in [0.05, 0.1) is 5.69 Å². The highest BCUT2D eigenvalue weighted by atomic mass is 16.5. The highest BCUT2D eigenvalue weighted by Crippen LogP contribution is 2.36. The fourth-order valence-electron chi connectivity index (χ4n) is 3.33. The lowest BCUT2D eigenvalue weighted by Gasteiger charge is -2.31. The van der Waals surface area contributed by atoms with Crippen molar-refractivity contribution in [3.8, 4) is 5.75 Å². The van der Waals surface area contributed by atoms with Crippen LogP contribution in [0.2, 0.25) is 0 Å². The normalized spacial score (nSPS) is 18.3. The maximum atomic E-state index is 12.3. The van der Waals surface area contributed by atoms with Crippen LogP contribution in [0.3, 0.4) is 0 Å². The Bertz CT molecular complexity index is 643. The number of carbonyl (C=O) groups excluding carboxylic acids is 2. The van der Waals surface area contributed by atoms with Crippen molar-refractivity contribution >= 4 is 17.5 Å². The summed E-state index contributed by atoms with van der Waals surface area (Å²) in [6.45, 7) is 6.44. The monoisotopic (exact) mass is 330 g/mol. The Labute approximate surface area is 143 Å². The third kappa shape index (κ3) is 3.55. The van der Waals surface area contributed by atoms with Crippen molar-refractivity contribution in [3.63, 3.8) is 0 Å². The lowest BCUT2D eigenvalue weighted by Crippen LogP contribution is -2.46. The van der Waals surface area contributed by atoms with E-state index in [1.807, 2.05) is 18.2 Å². The Hall–Kier alpha value is -2.04. The Morgan fingerprint density at radius 1 is 1.29 bits per heavy atom.